The van der Waals surface area contributed by atoms with Crippen molar-refractivity contribution in [1.82, 2.24) is 0 Å². The summed E-state index contributed by atoms with van der Waals surface area (Å²) in [6, 6.07) is 17.2. The number of oxime groups is 1. The lowest BCUT2D eigenvalue weighted by Gasteiger charge is -2.01. The normalized spacial score (nSPS) is 10.3. The molecule has 0 N–H and O–H groups in total. The fourth-order valence-electron chi connectivity index (χ4n) is 1.51. The van der Waals surface area contributed by atoms with E-state index in [0.29, 0.717) is 5.56 Å². The van der Waals surface area contributed by atoms with Crippen molar-refractivity contribution in [2.45, 2.75) is 6.61 Å². The molecule has 0 fully saturated rings. The van der Waals surface area contributed by atoms with Gasteiger partial charge in [-0.25, -0.2) is 0 Å². The molecule has 0 saturated carbocycles. The van der Waals surface area contributed by atoms with Crippen molar-refractivity contribution < 1.29 is 4.84 Å². The Morgan fingerprint density at radius 2 is 1.89 bits per heavy atom. The van der Waals surface area contributed by atoms with Crippen molar-refractivity contribution in [2.75, 3.05) is 0 Å². The maximum atomic E-state index is 8.93. The molecule has 0 radical (unpaired) electrons. The molecular weight excluding hydrogens is 304 g/mol. The summed E-state index contributed by atoms with van der Waals surface area (Å²) in [5.74, 6) is 0. The fraction of sp³-hybridized carbons (Fsp3) is 0.0667. The molecule has 2 rings (SSSR count). The minimum Gasteiger partial charge on any atom is -0.391 e. The van der Waals surface area contributed by atoms with E-state index < -0.39 is 0 Å². The molecule has 4 heteroatoms. The van der Waals surface area contributed by atoms with Gasteiger partial charge in [-0.1, -0.05) is 51.4 Å². The zero-order chi connectivity index (χ0) is 13.5. The molecule has 0 aliphatic rings. The van der Waals surface area contributed by atoms with Gasteiger partial charge in [-0.15, -0.1) is 0 Å². The SMILES string of the molecule is N#Cc1ccccc1CO/N=C\c1ccc(Br)cc1. The van der Waals surface area contributed by atoms with E-state index in [-0.39, 0.29) is 6.61 Å². The largest absolute Gasteiger partial charge is 0.391 e. The average Bonchev–Trinajstić information content (AvgIpc) is 2.46. The fourth-order valence-corrected chi connectivity index (χ4v) is 1.77. The molecule has 0 aliphatic heterocycles. The first-order chi connectivity index (χ1) is 9.29. The van der Waals surface area contributed by atoms with Crippen molar-refractivity contribution in [3.05, 3.63) is 69.7 Å². The van der Waals surface area contributed by atoms with Crippen LogP contribution in [0.4, 0.5) is 0 Å². The molecular formula is C15H11BrN2O. The van der Waals surface area contributed by atoms with Crippen LogP contribution in [-0.4, -0.2) is 6.21 Å². The zero-order valence-corrected chi connectivity index (χ0v) is 11.7. The lowest BCUT2D eigenvalue weighted by atomic mass is 10.1. The molecule has 0 aliphatic carbocycles. The lowest BCUT2D eigenvalue weighted by molar-refractivity contribution is 0.132. The quantitative estimate of drug-likeness (QED) is 0.635. The monoisotopic (exact) mass is 314 g/mol. The molecule has 0 bridgehead atoms. The summed E-state index contributed by atoms with van der Waals surface area (Å²) in [4.78, 5) is 5.20. The van der Waals surface area contributed by atoms with Gasteiger partial charge in [-0.3, -0.25) is 0 Å². The van der Waals surface area contributed by atoms with Gasteiger partial charge in [0.15, 0.2) is 0 Å². The van der Waals surface area contributed by atoms with Crippen LogP contribution in [0.3, 0.4) is 0 Å². The molecule has 0 amide bonds. The van der Waals surface area contributed by atoms with Gasteiger partial charge in [0.2, 0.25) is 0 Å². The van der Waals surface area contributed by atoms with Crippen LogP contribution in [0.5, 0.6) is 0 Å². The van der Waals surface area contributed by atoms with Crippen LogP contribution >= 0.6 is 15.9 Å². The number of benzene rings is 2. The average molecular weight is 315 g/mol. The molecule has 0 spiro atoms. The molecule has 0 aromatic heterocycles. The Morgan fingerprint density at radius 1 is 1.16 bits per heavy atom. The summed E-state index contributed by atoms with van der Waals surface area (Å²) < 4.78 is 1.02. The third-order valence-corrected chi connectivity index (χ3v) is 3.03. The van der Waals surface area contributed by atoms with Crippen molar-refractivity contribution >= 4 is 22.1 Å². The van der Waals surface area contributed by atoms with Gasteiger partial charge in [0.25, 0.3) is 0 Å². The Morgan fingerprint density at radius 3 is 2.63 bits per heavy atom. The number of nitriles is 1. The van der Waals surface area contributed by atoms with E-state index in [4.69, 9.17) is 10.1 Å². The van der Waals surface area contributed by atoms with Crippen LogP contribution in [0.2, 0.25) is 0 Å². The second-order valence-electron chi connectivity index (χ2n) is 3.83. The Bertz CT molecular complexity index is 615. The molecule has 0 unspecified atom stereocenters. The van der Waals surface area contributed by atoms with Gasteiger partial charge < -0.3 is 4.84 Å². The smallest absolute Gasteiger partial charge is 0.143 e. The minimum absolute atomic E-state index is 0.288. The van der Waals surface area contributed by atoms with E-state index in [1.54, 1.807) is 12.3 Å². The highest BCUT2D eigenvalue weighted by molar-refractivity contribution is 9.10. The number of rotatable bonds is 4. The number of nitrogens with zero attached hydrogens (tertiary/aromatic N) is 2. The van der Waals surface area contributed by atoms with Crippen LogP contribution < -0.4 is 0 Å². The summed E-state index contributed by atoms with van der Waals surface area (Å²) in [5.41, 5.74) is 2.40. The Balaban J connectivity index is 1.93. The molecule has 94 valence electrons. The van der Waals surface area contributed by atoms with E-state index in [1.165, 1.54) is 0 Å². The van der Waals surface area contributed by atoms with E-state index >= 15 is 0 Å². The van der Waals surface area contributed by atoms with Gasteiger partial charge in [0.1, 0.15) is 6.61 Å². The first-order valence-corrected chi connectivity index (χ1v) is 6.48. The third kappa shape index (κ3) is 3.94. The Kier molecular flexibility index (Phi) is 4.71. The highest BCUT2D eigenvalue weighted by Crippen LogP contribution is 2.10. The summed E-state index contributed by atoms with van der Waals surface area (Å²) in [6.07, 6.45) is 1.64. The van der Waals surface area contributed by atoms with Crippen LogP contribution in [0.1, 0.15) is 16.7 Å². The lowest BCUT2D eigenvalue weighted by Crippen LogP contribution is -1.92. The molecule has 2 aromatic carbocycles. The summed E-state index contributed by atoms with van der Waals surface area (Å²) in [5, 5.41) is 12.8. The molecule has 3 nitrogen and oxygen atoms in total. The van der Waals surface area contributed by atoms with E-state index in [0.717, 1.165) is 15.6 Å². The summed E-state index contributed by atoms with van der Waals surface area (Å²) in [7, 11) is 0. The minimum atomic E-state index is 0.288. The van der Waals surface area contributed by atoms with Crippen LogP contribution in [-0.2, 0) is 11.4 Å². The van der Waals surface area contributed by atoms with Gasteiger partial charge in [0, 0.05) is 10.0 Å². The summed E-state index contributed by atoms with van der Waals surface area (Å²) in [6.45, 7) is 0.288. The molecule has 0 saturated heterocycles. The summed E-state index contributed by atoms with van der Waals surface area (Å²) >= 11 is 3.37. The predicted molar refractivity (Wildman–Crippen MR) is 77.7 cm³/mol. The number of halogens is 1. The standard InChI is InChI=1S/C15H11BrN2O/c16-15-7-5-12(6-8-15)10-18-19-11-14-4-2-1-3-13(14)9-17/h1-8,10H,11H2/b18-10-. The van der Waals surface area contributed by atoms with Gasteiger partial charge in [-0.05, 0) is 23.8 Å². The van der Waals surface area contributed by atoms with Crippen molar-refractivity contribution in [1.29, 1.82) is 5.26 Å². The molecule has 0 atom stereocenters. The number of hydrogen-bond donors (Lipinski definition) is 0. The topological polar surface area (TPSA) is 45.4 Å². The predicted octanol–water partition coefficient (Wildman–Crippen LogP) is 3.87. The second-order valence-corrected chi connectivity index (χ2v) is 4.74. The van der Waals surface area contributed by atoms with E-state index in [2.05, 4.69) is 27.2 Å². The van der Waals surface area contributed by atoms with Crippen molar-refractivity contribution in [3.63, 3.8) is 0 Å². The Hall–Kier alpha value is -2.12. The zero-order valence-electron chi connectivity index (χ0n) is 10.1. The Labute approximate surface area is 120 Å². The van der Waals surface area contributed by atoms with Crippen molar-refractivity contribution in [3.8, 4) is 6.07 Å². The highest BCUT2D eigenvalue weighted by Gasteiger charge is 1.99. The van der Waals surface area contributed by atoms with Gasteiger partial charge in [-0.2, -0.15) is 5.26 Å². The molecule has 19 heavy (non-hydrogen) atoms. The number of hydrogen-bond acceptors (Lipinski definition) is 3. The highest BCUT2D eigenvalue weighted by atomic mass is 79.9. The van der Waals surface area contributed by atoms with E-state index in [9.17, 15) is 0 Å². The van der Waals surface area contributed by atoms with Crippen LogP contribution in [0.25, 0.3) is 0 Å². The van der Waals surface area contributed by atoms with Gasteiger partial charge >= 0.3 is 0 Å². The molecule has 2 aromatic rings. The maximum Gasteiger partial charge on any atom is 0.143 e. The first-order valence-electron chi connectivity index (χ1n) is 5.68. The maximum absolute atomic E-state index is 8.93. The van der Waals surface area contributed by atoms with Crippen molar-refractivity contribution in [2.24, 2.45) is 5.16 Å². The van der Waals surface area contributed by atoms with Crippen LogP contribution in [0, 0.1) is 11.3 Å². The van der Waals surface area contributed by atoms with Gasteiger partial charge in [0.05, 0.1) is 17.8 Å². The first kappa shape index (κ1) is 13.3. The molecule has 0 heterocycles. The third-order valence-electron chi connectivity index (χ3n) is 2.50. The van der Waals surface area contributed by atoms with E-state index in [1.807, 2.05) is 42.5 Å². The van der Waals surface area contributed by atoms with Crippen LogP contribution in [0.15, 0.2) is 58.2 Å². The second kappa shape index (κ2) is 6.72.